The van der Waals surface area contributed by atoms with E-state index in [2.05, 4.69) is 55.8 Å². The Bertz CT molecular complexity index is 469. The molecular formula is C17H27N3O. The van der Waals surface area contributed by atoms with Crippen LogP contribution in [-0.2, 0) is 4.79 Å². The molecule has 0 spiro atoms. The fourth-order valence-electron chi connectivity index (χ4n) is 2.69. The van der Waals surface area contributed by atoms with Crippen LogP contribution in [0.3, 0.4) is 0 Å². The molecule has 1 aromatic rings. The molecule has 116 valence electrons. The summed E-state index contributed by atoms with van der Waals surface area (Å²) in [6, 6.07) is 8.35. The van der Waals surface area contributed by atoms with E-state index in [1.165, 1.54) is 5.56 Å². The average Bonchev–Trinajstić information content (AvgIpc) is 2.40. The Morgan fingerprint density at radius 3 is 2.48 bits per heavy atom. The molecule has 1 aliphatic heterocycles. The minimum Gasteiger partial charge on any atom is -0.353 e. The van der Waals surface area contributed by atoms with Crippen molar-refractivity contribution in [2.45, 2.75) is 52.9 Å². The van der Waals surface area contributed by atoms with Crippen LogP contribution in [0.1, 0.15) is 39.2 Å². The van der Waals surface area contributed by atoms with E-state index < -0.39 is 0 Å². The summed E-state index contributed by atoms with van der Waals surface area (Å²) in [7, 11) is 0. The Morgan fingerprint density at radius 1 is 1.24 bits per heavy atom. The van der Waals surface area contributed by atoms with Gasteiger partial charge in [0.25, 0.3) is 0 Å². The molecule has 1 amide bonds. The second-order valence-electron chi connectivity index (χ2n) is 6.48. The van der Waals surface area contributed by atoms with Crippen molar-refractivity contribution in [3.05, 3.63) is 29.8 Å². The van der Waals surface area contributed by atoms with Crippen molar-refractivity contribution >= 4 is 11.6 Å². The Kier molecular flexibility index (Phi) is 5.23. The number of carbonyl (C=O) groups excluding carboxylic acids is 1. The lowest BCUT2D eigenvalue weighted by atomic mass is 9.90. The number of aryl methyl sites for hydroxylation is 1. The first-order valence-electron chi connectivity index (χ1n) is 7.85. The molecule has 4 heteroatoms. The second-order valence-corrected chi connectivity index (χ2v) is 6.48. The molecule has 0 bridgehead atoms. The number of hydrogen-bond donors (Lipinski definition) is 3. The predicted molar refractivity (Wildman–Crippen MR) is 86.9 cm³/mol. The standard InChI is InChI=1S/C17H27N3O/c1-11(2)5-10-15-13(4)18-17(20-16(15)21)19-14-8-6-12(3)7-9-14/h6-9,11,13,15,17-19H,5,10H2,1-4H3,(H,20,21). The zero-order chi connectivity index (χ0) is 15.4. The van der Waals surface area contributed by atoms with Gasteiger partial charge in [-0.1, -0.05) is 38.0 Å². The maximum atomic E-state index is 12.3. The first kappa shape index (κ1) is 15.8. The van der Waals surface area contributed by atoms with Gasteiger partial charge in [0.1, 0.15) is 0 Å². The highest BCUT2D eigenvalue weighted by atomic mass is 16.2. The van der Waals surface area contributed by atoms with Crippen molar-refractivity contribution in [3.8, 4) is 0 Å². The molecule has 1 aromatic carbocycles. The van der Waals surface area contributed by atoms with Gasteiger partial charge in [0.05, 0.1) is 5.92 Å². The van der Waals surface area contributed by atoms with Crippen LogP contribution in [0.2, 0.25) is 0 Å². The third-order valence-electron chi connectivity index (χ3n) is 4.07. The van der Waals surface area contributed by atoms with Gasteiger partial charge in [-0.25, -0.2) is 0 Å². The highest BCUT2D eigenvalue weighted by Gasteiger charge is 2.32. The van der Waals surface area contributed by atoms with Gasteiger partial charge >= 0.3 is 0 Å². The molecule has 3 atom stereocenters. The molecule has 2 rings (SSSR count). The van der Waals surface area contributed by atoms with E-state index in [9.17, 15) is 4.79 Å². The van der Waals surface area contributed by atoms with Crippen molar-refractivity contribution < 1.29 is 4.79 Å². The lowest BCUT2D eigenvalue weighted by Gasteiger charge is -2.36. The quantitative estimate of drug-likeness (QED) is 0.781. The smallest absolute Gasteiger partial charge is 0.227 e. The van der Waals surface area contributed by atoms with E-state index in [-0.39, 0.29) is 24.2 Å². The van der Waals surface area contributed by atoms with Gasteiger partial charge in [-0.15, -0.1) is 0 Å². The minimum absolute atomic E-state index is 0.0588. The molecular weight excluding hydrogens is 262 g/mol. The highest BCUT2D eigenvalue weighted by Crippen LogP contribution is 2.20. The monoisotopic (exact) mass is 289 g/mol. The van der Waals surface area contributed by atoms with Crippen LogP contribution in [0.5, 0.6) is 0 Å². The molecule has 1 saturated heterocycles. The van der Waals surface area contributed by atoms with Crippen molar-refractivity contribution in [1.82, 2.24) is 10.6 Å². The maximum Gasteiger partial charge on any atom is 0.227 e. The van der Waals surface area contributed by atoms with Crippen molar-refractivity contribution in [1.29, 1.82) is 0 Å². The number of benzene rings is 1. The number of rotatable bonds is 5. The number of hydrogen-bond acceptors (Lipinski definition) is 3. The Balaban J connectivity index is 1.91. The number of carbonyl (C=O) groups is 1. The molecule has 3 N–H and O–H groups in total. The molecule has 1 aliphatic rings. The van der Waals surface area contributed by atoms with E-state index in [1.54, 1.807) is 0 Å². The Hall–Kier alpha value is -1.55. The van der Waals surface area contributed by atoms with E-state index in [0.29, 0.717) is 5.92 Å². The summed E-state index contributed by atoms with van der Waals surface area (Å²) in [5.41, 5.74) is 2.23. The van der Waals surface area contributed by atoms with Gasteiger partial charge in [-0.05, 0) is 38.3 Å². The van der Waals surface area contributed by atoms with Crippen LogP contribution in [-0.4, -0.2) is 18.2 Å². The van der Waals surface area contributed by atoms with Gasteiger partial charge in [0.15, 0.2) is 6.29 Å². The van der Waals surface area contributed by atoms with Crippen molar-refractivity contribution in [2.24, 2.45) is 11.8 Å². The molecule has 1 fully saturated rings. The second kappa shape index (κ2) is 6.94. The third kappa shape index (κ3) is 4.46. The fourth-order valence-corrected chi connectivity index (χ4v) is 2.69. The van der Waals surface area contributed by atoms with E-state index in [0.717, 1.165) is 18.5 Å². The van der Waals surface area contributed by atoms with Gasteiger partial charge in [-0.2, -0.15) is 0 Å². The van der Waals surface area contributed by atoms with Crippen LogP contribution in [0.15, 0.2) is 24.3 Å². The fraction of sp³-hybridized carbons (Fsp3) is 0.588. The summed E-state index contributed by atoms with van der Waals surface area (Å²) in [5, 5.41) is 9.77. The number of nitrogens with one attached hydrogen (secondary N) is 3. The summed E-state index contributed by atoms with van der Waals surface area (Å²) >= 11 is 0. The van der Waals surface area contributed by atoms with Crippen molar-refractivity contribution in [2.75, 3.05) is 5.32 Å². The minimum atomic E-state index is -0.203. The lowest BCUT2D eigenvalue weighted by molar-refractivity contribution is -0.129. The summed E-state index contributed by atoms with van der Waals surface area (Å²) in [5.74, 6) is 0.836. The van der Waals surface area contributed by atoms with Gasteiger partial charge in [0.2, 0.25) is 5.91 Å². The molecule has 0 radical (unpaired) electrons. The van der Waals surface area contributed by atoms with Crippen LogP contribution in [0.4, 0.5) is 5.69 Å². The van der Waals surface area contributed by atoms with Crippen LogP contribution in [0, 0.1) is 18.8 Å². The van der Waals surface area contributed by atoms with E-state index >= 15 is 0 Å². The Labute approximate surface area is 127 Å². The zero-order valence-electron chi connectivity index (χ0n) is 13.4. The van der Waals surface area contributed by atoms with Crippen LogP contribution >= 0.6 is 0 Å². The van der Waals surface area contributed by atoms with Gasteiger partial charge in [0, 0.05) is 11.7 Å². The summed E-state index contributed by atoms with van der Waals surface area (Å²) in [4.78, 5) is 12.3. The highest BCUT2D eigenvalue weighted by molar-refractivity contribution is 5.80. The summed E-state index contributed by atoms with van der Waals surface area (Å²) in [6.45, 7) is 8.54. The first-order chi connectivity index (χ1) is 9.95. The summed E-state index contributed by atoms with van der Waals surface area (Å²) in [6.07, 6.45) is 1.82. The normalized spacial score (nSPS) is 25.8. The molecule has 1 heterocycles. The molecule has 0 aliphatic carbocycles. The summed E-state index contributed by atoms with van der Waals surface area (Å²) < 4.78 is 0. The maximum absolute atomic E-state index is 12.3. The number of amides is 1. The largest absolute Gasteiger partial charge is 0.353 e. The van der Waals surface area contributed by atoms with Crippen molar-refractivity contribution in [3.63, 3.8) is 0 Å². The molecule has 21 heavy (non-hydrogen) atoms. The topological polar surface area (TPSA) is 53.2 Å². The van der Waals surface area contributed by atoms with Crippen LogP contribution < -0.4 is 16.0 Å². The van der Waals surface area contributed by atoms with Gasteiger partial charge in [-0.3, -0.25) is 10.1 Å². The molecule has 0 aromatic heterocycles. The van der Waals surface area contributed by atoms with E-state index in [1.807, 2.05) is 12.1 Å². The number of anilines is 1. The van der Waals surface area contributed by atoms with E-state index in [4.69, 9.17) is 0 Å². The average molecular weight is 289 g/mol. The third-order valence-corrected chi connectivity index (χ3v) is 4.07. The first-order valence-corrected chi connectivity index (χ1v) is 7.85. The zero-order valence-corrected chi connectivity index (χ0v) is 13.4. The predicted octanol–water partition coefficient (Wildman–Crippen LogP) is 2.85. The lowest BCUT2D eigenvalue weighted by Crippen LogP contribution is -2.63. The SMILES string of the molecule is Cc1ccc(NC2NC(=O)C(CCC(C)C)C(C)N2)cc1. The molecule has 3 unspecified atom stereocenters. The Morgan fingerprint density at radius 2 is 1.90 bits per heavy atom. The molecule has 0 saturated carbocycles. The molecule has 4 nitrogen and oxygen atoms in total. The van der Waals surface area contributed by atoms with Crippen LogP contribution in [0.25, 0.3) is 0 Å². The van der Waals surface area contributed by atoms with Gasteiger partial charge < -0.3 is 10.6 Å².